The van der Waals surface area contributed by atoms with E-state index in [-0.39, 0.29) is 54.9 Å². The molecule has 5 heavy (non-hydrogen) atoms. The van der Waals surface area contributed by atoms with Crippen LogP contribution in [0.15, 0.2) is 0 Å². The molecule has 0 aliphatic rings. The van der Waals surface area contributed by atoms with Crippen LogP contribution >= 0.6 is 0 Å². The second-order valence-corrected chi connectivity index (χ2v) is 0. The van der Waals surface area contributed by atoms with E-state index in [1.165, 1.54) is 0 Å². The molecule has 0 saturated heterocycles. The van der Waals surface area contributed by atoms with Crippen molar-refractivity contribution in [2.24, 2.45) is 0 Å². The minimum atomic E-state index is 0. The van der Waals surface area contributed by atoms with Gasteiger partial charge in [0.2, 0.25) is 0 Å². The number of hydrogen-bond acceptors (Lipinski definition) is 0. The van der Waals surface area contributed by atoms with Crippen LogP contribution in [0.1, 0.15) is 0 Å². The fraction of sp³-hybridized carbons (Fsp3) is 0. The average molecular weight is 483 g/mol. The van der Waals surface area contributed by atoms with Gasteiger partial charge >= 0.3 is 34.5 Å². The Labute approximate surface area is 87.7 Å². The van der Waals surface area contributed by atoms with Crippen molar-refractivity contribution in [1.29, 1.82) is 0 Å². The predicted octanol–water partition coefficient (Wildman–Crippen LogP) is -0.0125. The average Bonchev–Trinajstić information content (AvgIpc) is 1.00. The Morgan fingerprint density at radius 3 is 1.20 bits per heavy atom. The molecule has 0 fully saturated rings. The molecule has 0 amide bonds. The van der Waals surface area contributed by atoms with Gasteiger partial charge in [-0.2, -0.15) is 0 Å². The fourth-order valence-corrected chi connectivity index (χ4v) is 0. The third-order valence-electron chi connectivity index (χ3n) is 0. The van der Waals surface area contributed by atoms with E-state index in [0.29, 0.717) is 0 Å². The van der Waals surface area contributed by atoms with Crippen LogP contribution in [-0.2, 0) is 89.4 Å². The Morgan fingerprint density at radius 1 is 1.20 bits per heavy atom. The Kier molecular flexibility index (Phi) is 132. The van der Waals surface area contributed by atoms with Gasteiger partial charge in [0.25, 0.3) is 0 Å². The molecule has 0 aliphatic carbocycles. The van der Waals surface area contributed by atoms with E-state index in [0.717, 1.165) is 0 Å². The molecule has 0 unspecified atom stereocenters. The minimum Gasteiger partial charge on any atom is 0 e. The molecule has 0 radical (unpaired) electrons. The first kappa shape index (κ1) is 24.2. The molecule has 0 rings (SSSR count). The zero-order valence-electron chi connectivity index (χ0n) is 1.99. The van der Waals surface area contributed by atoms with Crippen LogP contribution in [0.25, 0.3) is 0 Å². The molecular formula is CrMoNbNiW. The molecule has 0 atom stereocenters. The van der Waals surface area contributed by atoms with Gasteiger partial charge in [-0.1, -0.05) is 0 Å². The van der Waals surface area contributed by atoms with E-state index in [1.807, 2.05) is 16.5 Å². The zero-order valence-corrected chi connectivity index (χ0v) is 11.4. The second kappa shape index (κ2) is 27.3. The largest absolute Gasteiger partial charge is 0 e. The van der Waals surface area contributed by atoms with Crippen molar-refractivity contribution in [2.75, 3.05) is 0 Å². The van der Waals surface area contributed by atoms with Crippen LogP contribution < -0.4 is 0 Å². The molecule has 0 aromatic carbocycles. The monoisotopic (exact) mass is 485 g/mol. The van der Waals surface area contributed by atoms with Gasteiger partial charge in [0.15, 0.2) is 0 Å². The van der Waals surface area contributed by atoms with E-state index in [2.05, 4.69) is 0 Å². The molecule has 0 saturated carbocycles. The molecule has 0 spiro atoms. The Hall–Kier alpha value is 3.14. The maximum absolute atomic E-state index is 2.00. The molecule has 0 aromatic heterocycles. The van der Waals surface area contributed by atoms with Crippen LogP contribution in [0.3, 0.4) is 0 Å². The SMILES string of the molecule is [Cr].[Nb][Mo].[Ni].[W]. The van der Waals surface area contributed by atoms with Crippen molar-refractivity contribution in [2.45, 2.75) is 0 Å². The molecule has 0 aromatic rings. The van der Waals surface area contributed by atoms with Gasteiger partial charge in [0.05, 0.1) is 0 Å². The topological polar surface area (TPSA) is 0 Å². The van der Waals surface area contributed by atoms with Gasteiger partial charge in [0, 0.05) is 54.9 Å². The molecule has 0 aliphatic heterocycles. The second-order valence-electron chi connectivity index (χ2n) is 0. The van der Waals surface area contributed by atoms with E-state index in [4.69, 9.17) is 0 Å². The summed E-state index contributed by atoms with van der Waals surface area (Å²) >= 11 is 3.76. The van der Waals surface area contributed by atoms with E-state index in [9.17, 15) is 0 Å². The van der Waals surface area contributed by atoms with Gasteiger partial charge in [-0.25, -0.2) is 0 Å². The first-order valence-electron chi connectivity index (χ1n) is 0.183. The molecular weight excluding hydrogens is 483 g/mol. The van der Waals surface area contributed by atoms with E-state index in [1.54, 1.807) is 18.0 Å². The summed E-state index contributed by atoms with van der Waals surface area (Å²) in [6.45, 7) is 0. The smallest absolute Gasteiger partial charge is 0 e. The van der Waals surface area contributed by atoms with Crippen LogP contribution in [-0.4, -0.2) is 0 Å². The first-order valence-corrected chi connectivity index (χ1v) is 6.39. The predicted molar refractivity (Wildman–Crippen MR) is 0 cm³/mol. The van der Waals surface area contributed by atoms with Crippen molar-refractivity contribution >= 4 is 0 Å². The van der Waals surface area contributed by atoms with Gasteiger partial charge in [-0.3, -0.25) is 0 Å². The summed E-state index contributed by atoms with van der Waals surface area (Å²) in [5, 5.41) is 0. The number of rotatable bonds is 0. The molecule has 0 nitrogen and oxygen atoms in total. The van der Waals surface area contributed by atoms with Crippen molar-refractivity contribution in [3.8, 4) is 0 Å². The van der Waals surface area contributed by atoms with E-state index >= 15 is 0 Å². The van der Waals surface area contributed by atoms with Crippen molar-refractivity contribution in [3.63, 3.8) is 0 Å². The maximum Gasteiger partial charge on any atom is 0 e. The van der Waals surface area contributed by atoms with Crippen LogP contribution in [0.4, 0.5) is 0 Å². The summed E-state index contributed by atoms with van der Waals surface area (Å²) in [6, 6.07) is 0. The van der Waals surface area contributed by atoms with Gasteiger partial charge in [-0.05, 0) is 0 Å². The fourth-order valence-electron chi connectivity index (χ4n) is 0. The third kappa shape index (κ3) is 19.1. The van der Waals surface area contributed by atoms with Crippen molar-refractivity contribution in [3.05, 3.63) is 0 Å². The summed E-state index contributed by atoms with van der Waals surface area (Å²) in [5.41, 5.74) is 0. The normalized spacial score (nSPS) is 0.800. The van der Waals surface area contributed by atoms with Crippen LogP contribution in [0.5, 0.6) is 0 Å². The summed E-state index contributed by atoms with van der Waals surface area (Å²) in [7, 11) is 0. The summed E-state index contributed by atoms with van der Waals surface area (Å²) in [6.07, 6.45) is 0. The zero-order chi connectivity index (χ0) is 2.00. The van der Waals surface area contributed by atoms with E-state index < -0.39 is 0 Å². The molecule has 0 bridgehead atoms. The quantitative estimate of drug-likeness (QED) is 0.426. The standard InChI is InChI=1S/Cr.Mo.Nb.Ni.W. The minimum absolute atomic E-state index is 0. The van der Waals surface area contributed by atoms with Crippen LogP contribution in [0.2, 0.25) is 0 Å². The van der Waals surface area contributed by atoms with Gasteiger partial charge in [-0.15, -0.1) is 0 Å². The number of hydrogen-bond donors (Lipinski definition) is 0. The molecule has 0 heterocycles. The molecule has 0 N–H and O–H groups in total. The molecule has 5 heteroatoms. The van der Waals surface area contributed by atoms with Gasteiger partial charge < -0.3 is 0 Å². The van der Waals surface area contributed by atoms with Crippen LogP contribution in [0, 0.1) is 0 Å². The molecule has 33 valence electrons. The summed E-state index contributed by atoms with van der Waals surface area (Å²) in [5.74, 6) is 0. The van der Waals surface area contributed by atoms with Crippen molar-refractivity contribution in [1.82, 2.24) is 0 Å². The van der Waals surface area contributed by atoms with Crippen molar-refractivity contribution < 1.29 is 89.4 Å². The Bertz CT molecular complexity index is 11.6. The Morgan fingerprint density at radius 2 is 1.20 bits per heavy atom. The third-order valence-corrected chi connectivity index (χ3v) is 0. The summed E-state index contributed by atoms with van der Waals surface area (Å²) < 4.78 is 0. The van der Waals surface area contributed by atoms with Gasteiger partial charge in [0.1, 0.15) is 0 Å². The Balaban J connectivity index is -0.00000000167. The summed E-state index contributed by atoms with van der Waals surface area (Å²) in [4.78, 5) is 0. The maximum atomic E-state index is 2.00. The first-order chi connectivity index (χ1) is 1.00.